The van der Waals surface area contributed by atoms with Crippen molar-refractivity contribution < 1.29 is 4.55 Å². The lowest BCUT2D eigenvalue weighted by Gasteiger charge is -2.06. The van der Waals surface area contributed by atoms with Gasteiger partial charge < -0.3 is 9.54 Å². The number of hydrogen-bond acceptors (Lipinski definition) is 2. The Hall–Kier alpha value is -0.970. The molecular weight excluding hydrogens is 220 g/mol. The predicted molar refractivity (Wildman–Crippen MR) is 54.7 cm³/mol. The number of hydrogen-bond donors (Lipinski definition) is 1. The van der Waals surface area contributed by atoms with Crippen LogP contribution in [0.15, 0.2) is 46.7 Å². The van der Waals surface area contributed by atoms with Gasteiger partial charge in [0.2, 0.25) is 0 Å². The molecule has 0 fully saturated rings. The third-order valence-corrected chi connectivity index (χ3v) is 3.46. The highest BCUT2D eigenvalue weighted by atomic mass is 35.5. The molecule has 0 radical (unpaired) electrons. The van der Waals surface area contributed by atoms with Crippen molar-refractivity contribution >= 4 is 22.8 Å². The van der Waals surface area contributed by atoms with Crippen LogP contribution in [0.1, 0.15) is 0 Å². The molecule has 1 heterocycles. The van der Waals surface area contributed by atoms with Crippen LogP contribution in [0.25, 0.3) is 0 Å². The smallest absolute Gasteiger partial charge is 0.326 e. The molecule has 0 amide bonds. The summed E-state index contributed by atoms with van der Waals surface area (Å²) in [7, 11) is 0. The Morgan fingerprint density at radius 1 is 1.36 bits per heavy atom. The second kappa shape index (κ2) is 4.04. The molecule has 1 N–H and O–H groups in total. The molecule has 2 rings (SSSR count). The Bertz CT molecular complexity index is 419. The van der Waals surface area contributed by atoms with Crippen LogP contribution in [0, 0.1) is 0 Å². The molecule has 1 aromatic heterocycles. The van der Waals surface area contributed by atoms with Crippen LogP contribution in [-0.2, 0) is 11.2 Å². The first-order valence-corrected chi connectivity index (χ1v) is 5.47. The number of benzene rings is 1. The summed E-state index contributed by atoms with van der Waals surface area (Å²) >= 11 is 4.58. The number of rotatable bonds is 2. The van der Waals surface area contributed by atoms with Crippen LogP contribution in [0.3, 0.4) is 0 Å². The zero-order valence-electron chi connectivity index (χ0n) is 7.11. The summed E-state index contributed by atoms with van der Waals surface area (Å²) < 4.78 is 11.9. The molecule has 1 atom stereocenters. The number of imidazole rings is 1. The molecule has 72 valence electrons. The summed E-state index contributed by atoms with van der Waals surface area (Å²) in [6, 6.07) is 7.02. The SMILES string of the molecule is [O-][S+](c1ncc[nH]1)c1ccccc1Cl. The number of H-pyrrole nitrogens is 1. The summed E-state index contributed by atoms with van der Waals surface area (Å²) in [6.45, 7) is 0. The van der Waals surface area contributed by atoms with E-state index in [2.05, 4.69) is 9.97 Å². The summed E-state index contributed by atoms with van der Waals surface area (Å²) in [5, 5.41) is 0.903. The van der Waals surface area contributed by atoms with E-state index in [0.29, 0.717) is 15.1 Å². The van der Waals surface area contributed by atoms with E-state index in [1.807, 2.05) is 0 Å². The van der Waals surface area contributed by atoms with Crippen molar-refractivity contribution in [2.75, 3.05) is 0 Å². The molecule has 5 heteroatoms. The van der Waals surface area contributed by atoms with Crippen LogP contribution in [0.4, 0.5) is 0 Å². The molecule has 0 aliphatic carbocycles. The summed E-state index contributed by atoms with van der Waals surface area (Å²) in [5.41, 5.74) is 0. The second-order valence-electron chi connectivity index (χ2n) is 2.59. The van der Waals surface area contributed by atoms with E-state index < -0.39 is 11.2 Å². The van der Waals surface area contributed by atoms with E-state index in [1.54, 1.807) is 36.7 Å². The fourth-order valence-corrected chi connectivity index (χ4v) is 2.38. The Labute approximate surface area is 89.3 Å². The van der Waals surface area contributed by atoms with E-state index in [-0.39, 0.29) is 0 Å². The van der Waals surface area contributed by atoms with Gasteiger partial charge in [0, 0.05) is 12.4 Å². The number of halogens is 1. The first kappa shape index (κ1) is 9.58. The standard InChI is InChI=1S/C9H7ClN2OS/c10-7-3-1-2-4-8(7)14(13)9-11-5-6-12-9/h1-6H,(H,11,12). The van der Waals surface area contributed by atoms with Gasteiger partial charge in [-0.3, -0.25) is 0 Å². The van der Waals surface area contributed by atoms with Gasteiger partial charge in [-0.2, -0.15) is 4.98 Å². The number of aromatic amines is 1. The van der Waals surface area contributed by atoms with Gasteiger partial charge in [0.25, 0.3) is 0 Å². The maximum Gasteiger partial charge on any atom is 0.326 e. The van der Waals surface area contributed by atoms with Gasteiger partial charge in [0.05, 0.1) is 16.2 Å². The zero-order valence-corrected chi connectivity index (χ0v) is 8.68. The second-order valence-corrected chi connectivity index (χ2v) is 4.36. The lowest BCUT2D eigenvalue weighted by Crippen LogP contribution is -2.04. The Morgan fingerprint density at radius 2 is 2.14 bits per heavy atom. The molecule has 14 heavy (non-hydrogen) atoms. The zero-order chi connectivity index (χ0) is 9.97. The van der Waals surface area contributed by atoms with Crippen LogP contribution in [0.5, 0.6) is 0 Å². The van der Waals surface area contributed by atoms with Crippen molar-refractivity contribution in [2.45, 2.75) is 10.1 Å². The normalized spacial score (nSPS) is 12.7. The van der Waals surface area contributed by atoms with Crippen molar-refractivity contribution in [3.8, 4) is 0 Å². The maximum atomic E-state index is 11.9. The molecule has 0 aliphatic rings. The van der Waals surface area contributed by atoms with E-state index in [0.717, 1.165) is 0 Å². The Morgan fingerprint density at radius 3 is 2.79 bits per heavy atom. The average molecular weight is 227 g/mol. The van der Waals surface area contributed by atoms with E-state index in [4.69, 9.17) is 11.6 Å². The van der Waals surface area contributed by atoms with Gasteiger partial charge in [0.1, 0.15) is 0 Å². The van der Waals surface area contributed by atoms with Crippen LogP contribution in [-0.4, -0.2) is 14.5 Å². The lowest BCUT2D eigenvalue weighted by molar-refractivity contribution is 0.588. The van der Waals surface area contributed by atoms with Crippen molar-refractivity contribution in [1.82, 2.24) is 9.97 Å². The minimum absolute atomic E-state index is 0.415. The van der Waals surface area contributed by atoms with Crippen molar-refractivity contribution in [3.05, 3.63) is 41.7 Å². The number of nitrogens with zero attached hydrogens (tertiary/aromatic N) is 1. The molecule has 1 aromatic carbocycles. The highest BCUT2D eigenvalue weighted by Crippen LogP contribution is 2.24. The van der Waals surface area contributed by atoms with Crippen LogP contribution < -0.4 is 0 Å². The summed E-state index contributed by atoms with van der Waals surface area (Å²) in [6.07, 6.45) is 3.19. The van der Waals surface area contributed by atoms with Crippen LogP contribution in [0.2, 0.25) is 5.02 Å². The Balaban J connectivity index is 2.37. The minimum Gasteiger partial charge on any atom is -0.604 e. The van der Waals surface area contributed by atoms with E-state index >= 15 is 0 Å². The predicted octanol–water partition coefficient (Wildman–Crippen LogP) is 2.23. The van der Waals surface area contributed by atoms with Crippen molar-refractivity contribution in [1.29, 1.82) is 0 Å². The first-order chi connectivity index (χ1) is 6.79. The van der Waals surface area contributed by atoms with E-state index in [9.17, 15) is 4.55 Å². The Kier molecular flexibility index (Phi) is 2.77. The lowest BCUT2D eigenvalue weighted by atomic mass is 10.4. The molecule has 1 unspecified atom stereocenters. The minimum atomic E-state index is -1.33. The fraction of sp³-hybridized carbons (Fsp3) is 0. The highest BCUT2D eigenvalue weighted by molar-refractivity contribution is 7.91. The quantitative estimate of drug-likeness (QED) is 0.799. The molecule has 0 bridgehead atoms. The average Bonchev–Trinajstić information content (AvgIpc) is 2.70. The third kappa shape index (κ3) is 1.77. The molecular formula is C9H7ClN2OS. The fourth-order valence-electron chi connectivity index (χ4n) is 1.05. The monoisotopic (exact) mass is 226 g/mol. The van der Waals surface area contributed by atoms with Crippen molar-refractivity contribution in [3.63, 3.8) is 0 Å². The van der Waals surface area contributed by atoms with E-state index in [1.165, 1.54) is 0 Å². The first-order valence-electron chi connectivity index (χ1n) is 3.95. The van der Waals surface area contributed by atoms with Crippen molar-refractivity contribution in [2.24, 2.45) is 0 Å². The molecule has 2 aromatic rings. The third-order valence-electron chi connectivity index (χ3n) is 1.69. The molecule has 0 saturated heterocycles. The van der Waals surface area contributed by atoms with Gasteiger partial charge in [-0.25, -0.2) is 0 Å². The largest absolute Gasteiger partial charge is 0.604 e. The number of nitrogens with one attached hydrogen (secondary N) is 1. The van der Waals surface area contributed by atoms with Gasteiger partial charge in [0.15, 0.2) is 4.90 Å². The topological polar surface area (TPSA) is 51.7 Å². The molecule has 0 aliphatic heterocycles. The van der Waals surface area contributed by atoms with Gasteiger partial charge in [-0.05, 0) is 12.1 Å². The van der Waals surface area contributed by atoms with Gasteiger partial charge >= 0.3 is 5.16 Å². The maximum absolute atomic E-state index is 11.9. The van der Waals surface area contributed by atoms with Gasteiger partial charge in [-0.1, -0.05) is 23.7 Å². The summed E-state index contributed by atoms with van der Waals surface area (Å²) in [4.78, 5) is 7.29. The molecule has 3 nitrogen and oxygen atoms in total. The molecule has 0 spiro atoms. The number of aromatic nitrogens is 2. The molecule has 0 saturated carbocycles. The van der Waals surface area contributed by atoms with Gasteiger partial charge in [-0.15, -0.1) is 0 Å². The summed E-state index contributed by atoms with van der Waals surface area (Å²) in [5.74, 6) is 0. The highest BCUT2D eigenvalue weighted by Gasteiger charge is 2.19. The van der Waals surface area contributed by atoms with Crippen LogP contribution >= 0.6 is 11.6 Å².